The van der Waals surface area contributed by atoms with Gasteiger partial charge in [0.25, 0.3) is 0 Å². The summed E-state index contributed by atoms with van der Waals surface area (Å²) in [5.41, 5.74) is 0. The van der Waals surface area contributed by atoms with Crippen LogP contribution in [0.15, 0.2) is 0 Å². The Kier molecular flexibility index (Phi) is 2.15. The van der Waals surface area contributed by atoms with Gasteiger partial charge < -0.3 is 19.3 Å². The number of hydrogen-bond acceptors (Lipinski definition) is 4. The number of aliphatic hydroxyl groups is 1. The highest BCUT2D eigenvalue weighted by molar-refractivity contribution is 6.11. The Hall–Kier alpha value is -0.0951. The molecule has 1 N–H and O–H groups in total. The topological polar surface area (TPSA) is 47.9 Å². The number of fused-ring (bicyclic) bond motifs is 1. The summed E-state index contributed by atoms with van der Waals surface area (Å²) < 4.78 is 16.3. The van der Waals surface area contributed by atoms with Crippen LogP contribution < -0.4 is 0 Å². The van der Waals surface area contributed by atoms with Gasteiger partial charge in [-0.15, -0.1) is 0 Å². The molecule has 72 valence electrons. The van der Waals surface area contributed by atoms with E-state index in [0.717, 1.165) is 0 Å². The second-order valence-corrected chi connectivity index (χ2v) is 3.89. The van der Waals surface area contributed by atoms with Gasteiger partial charge in [-0.2, -0.15) is 0 Å². The standard InChI is InChI=1S/C8H13BO4/c1-8(2)12-5-4(3-10)11-7(9)6(5)13-8/h4-7,10H,3H2,1-2H3/t4-,5?,6?,7-/m1/s1. The smallest absolute Gasteiger partial charge is 0.163 e. The van der Waals surface area contributed by atoms with Crippen LogP contribution in [0.3, 0.4) is 0 Å². The molecule has 2 aliphatic rings. The third-order valence-electron chi connectivity index (χ3n) is 2.37. The first kappa shape index (κ1) is 9.46. The summed E-state index contributed by atoms with van der Waals surface area (Å²) in [5.74, 6) is -0.621. The van der Waals surface area contributed by atoms with E-state index in [0.29, 0.717) is 0 Å². The average molecular weight is 184 g/mol. The highest BCUT2D eigenvalue weighted by Gasteiger charge is 2.52. The van der Waals surface area contributed by atoms with E-state index in [1.165, 1.54) is 0 Å². The van der Waals surface area contributed by atoms with Gasteiger partial charge in [0.15, 0.2) is 5.79 Å². The molecule has 13 heavy (non-hydrogen) atoms. The van der Waals surface area contributed by atoms with E-state index in [4.69, 9.17) is 27.2 Å². The van der Waals surface area contributed by atoms with Gasteiger partial charge in [0.05, 0.1) is 6.61 Å². The van der Waals surface area contributed by atoms with Crippen LogP contribution in [0.4, 0.5) is 0 Å². The summed E-state index contributed by atoms with van der Waals surface area (Å²) in [5, 5.41) is 8.98. The summed E-state index contributed by atoms with van der Waals surface area (Å²) in [6.45, 7) is 3.56. The van der Waals surface area contributed by atoms with Gasteiger partial charge >= 0.3 is 0 Å². The molecule has 0 amide bonds. The Labute approximate surface area is 78.6 Å². The molecule has 0 aromatic heterocycles. The molecule has 2 saturated heterocycles. The third kappa shape index (κ3) is 1.50. The lowest BCUT2D eigenvalue weighted by Gasteiger charge is -2.22. The first-order valence-electron chi connectivity index (χ1n) is 4.41. The lowest BCUT2D eigenvalue weighted by Crippen LogP contribution is -2.31. The van der Waals surface area contributed by atoms with E-state index in [1.54, 1.807) is 0 Å². The van der Waals surface area contributed by atoms with E-state index in [2.05, 4.69) is 0 Å². The van der Waals surface area contributed by atoms with Gasteiger partial charge in [-0.05, 0) is 13.8 Å². The molecule has 2 aliphatic heterocycles. The second-order valence-electron chi connectivity index (χ2n) is 3.89. The van der Waals surface area contributed by atoms with Crippen molar-refractivity contribution in [3.05, 3.63) is 0 Å². The van der Waals surface area contributed by atoms with Gasteiger partial charge in [0.2, 0.25) is 0 Å². The highest BCUT2D eigenvalue weighted by atomic mass is 16.8. The molecule has 2 unspecified atom stereocenters. The van der Waals surface area contributed by atoms with Gasteiger partial charge in [-0.3, -0.25) is 0 Å². The Morgan fingerprint density at radius 2 is 1.92 bits per heavy atom. The predicted octanol–water partition coefficient (Wildman–Crippen LogP) is -0.608. The van der Waals surface area contributed by atoms with Crippen molar-refractivity contribution in [3.8, 4) is 0 Å². The lowest BCUT2D eigenvalue weighted by atomic mass is 9.93. The Morgan fingerprint density at radius 3 is 2.54 bits per heavy atom. The third-order valence-corrected chi connectivity index (χ3v) is 2.37. The van der Waals surface area contributed by atoms with Crippen LogP contribution in [-0.4, -0.2) is 49.7 Å². The van der Waals surface area contributed by atoms with Crippen molar-refractivity contribution in [2.24, 2.45) is 0 Å². The van der Waals surface area contributed by atoms with Crippen LogP contribution in [0.2, 0.25) is 0 Å². The molecule has 0 aromatic rings. The highest BCUT2D eigenvalue weighted by Crippen LogP contribution is 2.37. The van der Waals surface area contributed by atoms with Gasteiger partial charge in [0.1, 0.15) is 26.2 Å². The Balaban J connectivity index is 2.12. The summed E-state index contributed by atoms with van der Waals surface area (Å²) in [7, 11) is 5.67. The van der Waals surface area contributed by atoms with Crippen LogP contribution in [0.1, 0.15) is 13.8 Å². The molecule has 5 heteroatoms. The number of hydrogen-bond donors (Lipinski definition) is 1. The quantitative estimate of drug-likeness (QED) is 0.552. The first-order chi connectivity index (χ1) is 6.03. The zero-order valence-electron chi connectivity index (χ0n) is 7.77. The first-order valence-corrected chi connectivity index (χ1v) is 4.41. The molecular formula is C8H13BO4. The Bertz CT molecular complexity index is 208. The second kappa shape index (κ2) is 2.95. The molecule has 0 saturated carbocycles. The summed E-state index contributed by atoms with van der Waals surface area (Å²) in [6.07, 6.45) is -0.857. The number of ether oxygens (including phenoxy) is 3. The molecule has 2 radical (unpaired) electrons. The maximum absolute atomic E-state index is 8.98. The minimum atomic E-state index is -0.621. The fraction of sp³-hybridized carbons (Fsp3) is 1.00. The van der Waals surface area contributed by atoms with Crippen LogP contribution in [-0.2, 0) is 14.2 Å². The van der Waals surface area contributed by atoms with Crippen molar-refractivity contribution in [2.75, 3.05) is 6.61 Å². The molecule has 0 aromatic carbocycles. The van der Waals surface area contributed by atoms with Crippen molar-refractivity contribution >= 4 is 7.85 Å². The van der Waals surface area contributed by atoms with E-state index in [1.807, 2.05) is 13.8 Å². The minimum Gasteiger partial charge on any atom is -0.394 e. The molecule has 2 heterocycles. The molecule has 2 fully saturated rings. The molecule has 0 aliphatic carbocycles. The molecular weight excluding hydrogens is 171 g/mol. The molecule has 4 atom stereocenters. The van der Waals surface area contributed by atoms with Crippen LogP contribution in [0.5, 0.6) is 0 Å². The van der Waals surface area contributed by atoms with Crippen LogP contribution in [0.25, 0.3) is 0 Å². The maximum Gasteiger partial charge on any atom is 0.163 e. The van der Waals surface area contributed by atoms with Crippen molar-refractivity contribution in [1.82, 2.24) is 0 Å². The lowest BCUT2D eigenvalue weighted by molar-refractivity contribution is -0.182. The molecule has 0 spiro atoms. The largest absolute Gasteiger partial charge is 0.394 e. The van der Waals surface area contributed by atoms with Crippen LogP contribution in [0, 0.1) is 0 Å². The molecule has 4 nitrogen and oxygen atoms in total. The number of aliphatic hydroxyl groups excluding tert-OH is 1. The van der Waals surface area contributed by atoms with Crippen molar-refractivity contribution in [2.45, 2.75) is 43.9 Å². The normalized spacial score (nSPS) is 47.9. The fourth-order valence-corrected chi connectivity index (χ4v) is 1.86. The zero-order chi connectivity index (χ0) is 9.64. The van der Waals surface area contributed by atoms with E-state index < -0.39 is 11.8 Å². The van der Waals surface area contributed by atoms with Gasteiger partial charge in [0, 0.05) is 6.00 Å². The fourth-order valence-electron chi connectivity index (χ4n) is 1.86. The monoisotopic (exact) mass is 184 g/mol. The van der Waals surface area contributed by atoms with Crippen LogP contribution >= 0.6 is 0 Å². The minimum absolute atomic E-state index is 0.0890. The average Bonchev–Trinajstić information content (AvgIpc) is 2.47. The molecule has 2 rings (SSSR count). The maximum atomic E-state index is 8.98. The van der Waals surface area contributed by atoms with Crippen molar-refractivity contribution < 1.29 is 19.3 Å². The van der Waals surface area contributed by atoms with E-state index in [-0.39, 0.29) is 24.9 Å². The Morgan fingerprint density at radius 1 is 1.31 bits per heavy atom. The van der Waals surface area contributed by atoms with Gasteiger partial charge in [-0.25, -0.2) is 0 Å². The van der Waals surface area contributed by atoms with E-state index in [9.17, 15) is 0 Å². The van der Waals surface area contributed by atoms with Crippen molar-refractivity contribution in [3.63, 3.8) is 0 Å². The SMILES string of the molecule is [B][C@@H]1O[C@H](CO)C2OC(C)(C)OC21. The van der Waals surface area contributed by atoms with Crippen molar-refractivity contribution in [1.29, 1.82) is 0 Å². The summed E-state index contributed by atoms with van der Waals surface area (Å²) >= 11 is 0. The summed E-state index contributed by atoms with van der Waals surface area (Å²) in [4.78, 5) is 0. The van der Waals surface area contributed by atoms with Gasteiger partial charge in [-0.1, -0.05) is 0 Å². The number of rotatable bonds is 1. The zero-order valence-corrected chi connectivity index (χ0v) is 7.77. The summed E-state index contributed by atoms with van der Waals surface area (Å²) in [6, 6.07) is -0.496. The predicted molar refractivity (Wildman–Crippen MR) is 45.3 cm³/mol. The van der Waals surface area contributed by atoms with E-state index >= 15 is 0 Å². The molecule has 0 bridgehead atoms.